The fourth-order valence-electron chi connectivity index (χ4n) is 1.51. The minimum Gasteiger partial charge on any atom is -0.468 e. The third-order valence-corrected chi connectivity index (χ3v) is 2.52. The molecule has 1 N–H and O–H groups in total. The zero-order chi connectivity index (χ0) is 12.7. The molecule has 1 aromatic rings. The lowest BCUT2D eigenvalue weighted by molar-refractivity contribution is -0.150. The Kier molecular flexibility index (Phi) is 5.20. The summed E-state index contributed by atoms with van der Waals surface area (Å²) in [5.74, 6) is -1.50. The molecule has 0 aliphatic heterocycles. The van der Waals surface area contributed by atoms with Crippen LogP contribution in [0.1, 0.15) is 18.9 Å². The van der Waals surface area contributed by atoms with Gasteiger partial charge in [0.2, 0.25) is 5.91 Å². The summed E-state index contributed by atoms with van der Waals surface area (Å²) in [6.07, 6.45) is 0.438. The summed E-state index contributed by atoms with van der Waals surface area (Å²) >= 11 is 0. The molecular weight excluding hydrogens is 218 g/mol. The molecule has 0 aliphatic carbocycles. The number of rotatable bonds is 5. The van der Waals surface area contributed by atoms with E-state index >= 15 is 0 Å². The van der Waals surface area contributed by atoms with Crippen LogP contribution in [-0.2, 0) is 20.9 Å². The Morgan fingerprint density at radius 2 is 1.94 bits per heavy atom. The summed E-state index contributed by atoms with van der Waals surface area (Å²) in [5.41, 5.74) is 1.00. The Morgan fingerprint density at radius 1 is 1.29 bits per heavy atom. The van der Waals surface area contributed by atoms with Crippen LogP contribution < -0.4 is 5.32 Å². The minimum absolute atomic E-state index is 0.289. The molecule has 1 atom stereocenters. The average Bonchev–Trinajstić information content (AvgIpc) is 2.38. The number of hydrogen-bond donors (Lipinski definition) is 1. The van der Waals surface area contributed by atoms with Crippen LogP contribution in [0.4, 0.5) is 0 Å². The van der Waals surface area contributed by atoms with Gasteiger partial charge in [-0.1, -0.05) is 37.3 Å². The van der Waals surface area contributed by atoms with Crippen molar-refractivity contribution < 1.29 is 14.3 Å². The Morgan fingerprint density at radius 3 is 2.47 bits per heavy atom. The Hall–Kier alpha value is -1.84. The van der Waals surface area contributed by atoms with Gasteiger partial charge in [0.25, 0.3) is 0 Å². The van der Waals surface area contributed by atoms with Crippen molar-refractivity contribution in [2.24, 2.45) is 5.92 Å². The highest BCUT2D eigenvalue weighted by molar-refractivity contribution is 5.97. The first-order valence-electron chi connectivity index (χ1n) is 5.58. The fourth-order valence-corrected chi connectivity index (χ4v) is 1.51. The van der Waals surface area contributed by atoms with Gasteiger partial charge in [-0.3, -0.25) is 9.59 Å². The summed E-state index contributed by atoms with van der Waals surface area (Å²) in [7, 11) is 1.29. The Balaban J connectivity index is 2.51. The highest BCUT2D eigenvalue weighted by atomic mass is 16.5. The second-order valence-corrected chi connectivity index (χ2v) is 3.69. The minimum atomic E-state index is -0.719. The smallest absolute Gasteiger partial charge is 0.318 e. The van der Waals surface area contributed by atoms with E-state index in [1.165, 1.54) is 7.11 Å². The highest BCUT2D eigenvalue weighted by Crippen LogP contribution is 2.06. The third kappa shape index (κ3) is 3.90. The summed E-state index contributed by atoms with van der Waals surface area (Å²) in [6.45, 7) is 2.21. The Bertz CT molecular complexity index is 376. The van der Waals surface area contributed by atoms with Gasteiger partial charge in [0.05, 0.1) is 7.11 Å². The van der Waals surface area contributed by atoms with E-state index in [0.717, 1.165) is 5.56 Å². The molecule has 1 amide bonds. The van der Waals surface area contributed by atoms with Gasteiger partial charge in [-0.2, -0.15) is 0 Å². The molecule has 0 saturated carbocycles. The van der Waals surface area contributed by atoms with Crippen LogP contribution in [0.2, 0.25) is 0 Å². The predicted octanol–water partition coefficient (Wildman–Crippen LogP) is 1.50. The van der Waals surface area contributed by atoms with Gasteiger partial charge in [0.15, 0.2) is 0 Å². The normalized spacial score (nSPS) is 11.6. The summed E-state index contributed by atoms with van der Waals surface area (Å²) in [6, 6.07) is 9.55. The van der Waals surface area contributed by atoms with Crippen molar-refractivity contribution in [2.45, 2.75) is 19.9 Å². The first kappa shape index (κ1) is 13.2. The van der Waals surface area contributed by atoms with Crippen molar-refractivity contribution in [3.05, 3.63) is 35.9 Å². The second kappa shape index (κ2) is 6.68. The van der Waals surface area contributed by atoms with Gasteiger partial charge < -0.3 is 10.1 Å². The molecule has 0 fully saturated rings. The van der Waals surface area contributed by atoms with E-state index in [-0.39, 0.29) is 5.91 Å². The van der Waals surface area contributed by atoms with Crippen LogP contribution in [0, 0.1) is 5.92 Å². The van der Waals surface area contributed by atoms with Crippen molar-refractivity contribution in [2.75, 3.05) is 7.11 Å². The number of benzene rings is 1. The van der Waals surface area contributed by atoms with E-state index in [1.54, 1.807) is 6.92 Å². The van der Waals surface area contributed by atoms with Gasteiger partial charge in [0.1, 0.15) is 5.92 Å². The average molecular weight is 235 g/mol. The number of carbonyl (C=O) groups is 2. The van der Waals surface area contributed by atoms with Crippen molar-refractivity contribution >= 4 is 11.9 Å². The van der Waals surface area contributed by atoms with Crippen LogP contribution in [0.5, 0.6) is 0 Å². The van der Waals surface area contributed by atoms with Gasteiger partial charge in [-0.05, 0) is 12.0 Å². The van der Waals surface area contributed by atoms with E-state index in [2.05, 4.69) is 10.1 Å². The molecule has 92 valence electrons. The number of nitrogens with one attached hydrogen (secondary N) is 1. The predicted molar refractivity (Wildman–Crippen MR) is 64.1 cm³/mol. The lowest BCUT2D eigenvalue weighted by Gasteiger charge is -2.12. The first-order valence-corrected chi connectivity index (χ1v) is 5.58. The van der Waals surface area contributed by atoms with Crippen molar-refractivity contribution in [1.82, 2.24) is 5.32 Å². The van der Waals surface area contributed by atoms with Crippen LogP contribution in [0.3, 0.4) is 0 Å². The summed E-state index contributed by atoms with van der Waals surface area (Å²) in [4.78, 5) is 23.0. The molecule has 17 heavy (non-hydrogen) atoms. The third-order valence-electron chi connectivity index (χ3n) is 2.52. The van der Waals surface area contributed by atoms with E-state index in [4.69, 9.17) is 0 Å². The zero-order valence-corrected chi connectivity index (χ0v) is 10.1. The summed E-state index contributed by atoms with van der Waals surface area (Å²) < 4.78 is 4.58. The lowest BCUT2D eigenvalue weighted by atomic mass is 10.1. The van der Waals surface area contributed by atoms with Crippen molar-refractivity contribution in [3.8, 4) is 0 Å². The van der Waals surface area contributed by atoms with Crippen LogP contribution in [0.25, 0.3) is 0 Å². The molecule has 1 rings (SSSR count). The molecule has 0 saturated heterocycles. The second-order valence-electron chi connectivity index (χ2n) is 3.69. The molecular formula is C13H17NO3. The van der Waals surface area contributed by atoms with Crippen LogP contribution >= 0.6 is 0 Å². The maximum absolute atomic E-state index is 11.7. The van der Waals surface area contributed by atoms with E-state index < -0.39 is 11.9 Å². The Labute approximate surface area is 101 Å². The van der Waals surface area contributed by atoms with Crippen LogP contribution in [0.15, 0.2) is 30.3 Å². The molecule has 4 heteroatoms. The fraction of sp³-hybridized carbons (Fsp3) is 0.385. The molecule has 0 aliphatic rings. The number of methoxy groups -OCH3 is 1. The SMILES string of the molecule is CCC(C(=O)NCc1ccccc1)C(=O)OC. The number of amides is 1. The molecule has 0 heterocycles. The number of carbonyl (C=O) groups excluding carboxylic acids is 2. The number of hydrogen-bond acceptors (Lipinski definition) is 3. The van der Waals surface area contributed by atoms with Gasteiger partial charge in [-0.25, -0.2) is 0 Å². The topological polar surface area (TPSA) is 55.4 Å². The maximum Gasteiger partial charge on any atom is 0.318 e. The van der Waals surface area contributed by atoms with E-state index in [9.17, 15) is 9.59 Å². The standard InChI is InChI=1S/C13H17NO3/c1-3-11(13(16)17-2)12(15)14-9-10-7-5-4-6-8-10/h4-8,11H,3,9H2,1-2H3,(H,14,15). The molecule has 0 aromatic heterocycles. The molecule has 0 spiro atoms. The zero-order valence-electron chi connectivity index (χ0n) is 10.1. The van der Waals surface area contributed by atoms with Gasteiger partial charge in [0, 0.05) is 6.54 Å². The largest absolute Gasteiger partial charge is 0.468 e. The highest BCUT2D eigenvalue weighted by Gasteiger charge is 2.24. The van der Waals surface area contributed by atoms with E-state index in [1.807, 2.05) is 30.3 Å². The van der Waals surface area contributed by atoms with Crippen LogP contribution in [-0.4, -0.2) is 19.0 Å². The lowest BCUT2D eigenvalue weighted by Crippen LogP contribution is -2.35. The molecule has 0 bridgehead atoms. The number of ether oxygens (including phenoxy) is 1. The maximum atomic E-state index is 11.7. The molecule has 1 aromatic carbocycles. The quantitative estimate of drug-likeness (QED) is 0.621. The first-order chi connectivity index (χ1) is 8.19. The molecule has 0 radical (unpaired) electrons. The molecule has 1 unspecified atom stereocenters. The van der Waals surface area contributed by atoms with Crippen molar-refractivity contribution in [3.63, 3.8) is 0 Å². The van der Waals surface area contributed by atoms with Gasteiger partial charge in [-0.15, -0.1) is 0 Å². The summed E-state index contributed by atoms with van der Waals surface area (Å²) in [5, 5.41) is 2.73. The monoisotopic (exact) mass is 235 g/mol. The van der Waals surface area contributed by atoms with E-state index in [0.29, 0.717) is 13.0 Å². The van der Waals surface area contributed by atoms with Gasteiger partial charge >= 0.3 is 5.97 Å². The van der Waals surface area contributed by atoms with Crippen molar-refractivity contribution in [1.29, 1.82) is 0 Å². The number of esters is 1. The molecule has 4 nitrogen and oxygen atoms in total.